The SMILES string of the molecule is COc1ccccc1-c1noc(CCC2CCCN2)n1. The predicted molar refractivity (Wildman–Crippen MR) is 75.6 cm³/mol. The smallest absolute Gasteiger partial charge is 0.227 e. The van der Waals surface area contributed by atoms with Crippen LogP contribution >= 0.6 is 0 Å². The zero-order chi connectivity index (χ0) is 13.8. The number of rotatable bonds is 5. The quantitative estimate of drug-likeness (QED) is 0.906. The minimum Gasteiger partial charge on any atom is -0.496 e. The van der Waals surface area contributed by atoms with Crippen LogP contribution in [0.5, 0.6) is 5.75 Å². The molecule has 2 heterocycles. The van der Waals surface area contributed by atoms with Crippen LogP contribution in [0.3, 0.4) is 0 Å². The van der Waals surface area contributed by atoms with Gasteiger partial charge in [0.05, 0.1) is 12.7 Å². The fourth-order valence-electron chi connectivity index (χ4n) is 2.60. The fraction of sp³-hybridized carbons (Fsp3) is 0.467. The lowest BCUT2D eigenvalue weighted by Gasteiger charge is -2.06. The molecule has 5 heteroatoms. The van der Waals surface area contributed by atoms with Crippen molar-refractivity contribution in [2.75, 3.05) is 13.7 Å². The van der Waals surface area contributed by atoms with Gasteiger partial charge in [-0.3, -0.25) is 0 Å². The van der Waals surface area contributed by atoms with Crippen molar-refractivity contribution in [1.29, 1.82) is 0 Å². The predicted octanol–water partition coefficient (Wildman–Crippen LogP) is 2.43. The Balaban J connectivity index is 1.69. The van der Waals surface area contributed by atoms with E-state index in [1.807, 2.05) is 24.3 Å². The van der Waals surface area contributed by atoms with Crippen LogP contribution in [-0.4, -0.2) is 29.8 Å². The minimum absolute atomic E-state index is 0.594. The number of aromatic nitrogens is 2. The molecule has 1 aliphatic rings. The van der Waals surface area contributed by atoms with Crippen LogP contribution in [0.25, 0.3) is 11.4 Å². The molecular weight excluding hydrogens is 254 g/mol. The van der Waals surface area contributed by atoms with E-state index in [9.17, 15) is 0 Å². The zero-order valence-corrected chi connectivity index (χ0v) is 11.6. The molecule has 1 saturated heterocycles. The van der Waals surface area contributed by atoms with Crippen LogP contribution in [0.2, 0.25) is 0 Å². The van der Waals surface area contributed by atoms with Crippen LogP contribution in [0.15, 0.2) is 28.8 Å². The summed E-state index contributed by atoms with van der Waals surface area (Å²) in [6.45, 7) is 1.13. The third-order valence-electron chi connectivity index (χ3n) is 3.69. The average molecular weight is 273 g/mol. The first-order chi connectivity index (χ1) is 9.86. The summed E-state index contributed by atoms with van der Waals surface area (Å²) in [5.74, 6) is 2.05. The number of aryl methyl sites for hydroxylation is 1. The van der Waals surface area contributed by atoms with Gasteiger partial charge in [-0.25, -0.2) is 0 Å². The second kappa shape index (κ2) is 6.05. The Morgan fingerprint density at radius 3 is 3.10 bits per heavy atom. The first kappa shape index (κ1) is 13.1. The first-order valence-corrected chi connectivity index (χ1v) is 7.06. The lowest BCUT2D eigenvalue weighted by Crippen LogP contribution is -2.21. The number of hydrogen-bond donors (Lipinski definition) is 1. The highest BCUT2D eigenvalue weighted by Gasteiger charge is 2.17. The normalized spacial score (nSPS) is 18.4. The number of benzene rings is 1. The molecule has 0 aliphatic carbocycles. The molecule has 1 unspecified atom stereocenters. The van der Waals surface area contributed by atoms with E-state index in [0.717, 1.165) is 30.7 Å². The molecule has 1 atom stereocenters. The number of nitrogens with one attached hydrogen (secondary N) is 1. The fourth-order valence-corrected chi connectivity index (χ4v) is 2.60. The number of nitrogens with zero attached hydrogens (tertiary/aromatic N) is 2. The third-order valence-corrected chi connectivity index (χ3v) is 3.69. The summed E-state index contributed by atoms with van der Waals surface area (Å²) >= 11 is 0. The molecule has 0 bridgehead atoms. The molecule has 0 amide bonds. The number of methoxy groups -OCH3 is 1. The van der Waals surface area contributed by atoms with E-state index in [2.05, 4.69) is 15.5 Å². The third kappa shape index (κ3) is 2.82. The number of ether oxygens (including phenoxy) is 1. The van der Waals surface area contributed by atoms with Gasteiger partial charge in [0.2, 0.25) is 11.7 Å². The van der Waals surface area contributed by atoms with Gasteiger partial charge in [-0.2, -0.15) is 4.98 Å². The maximum Gasteiger partial charge on any atom is 0.227 e. The molecule has 2 aromatic rings. The lowest BCUT2D eigenvalue weighted by molar-refractivity contribution is 0.368. The van der Waals surface area contributed by atoms with E-state index in [4.69, 9.17) is 9.26 Å². The topological polar surface area (TPSA) is 60.2 Å². The Labute approximate surface area is 118 Å². The molecule has 20 heavy (non-hydrogen) atoms. The van der Waals surface area contributed by atoms with Crippen molar-refractivity contribution < 1.29 is 9.26 Å². The average Bonchev–Trinajstić information content (AvgIpc) is 3.16. The van der Waals surface area contributed by atoms with E-state index in [0.29, 0.717) is 17.8 Å². The Kier molecular flexibility index (Phi) is 3.97. The van der Waals surface area contributed by atoms with E-state index in [-0.39, 0.29) is 0 Å². The minimum atomic E-state index is 0.594. The maximum absolute atomic E-state index is 5.33. The standard InChI is InChI=1S/C15H19N3O2/c1-19-13-7-3-2-6-12(13)15-17-14(20-18-15)9-8-11-5-4-10-16-11/h2-3,6-7,11,16H,4-5,8-10H2,1H3. The Bertz CT molecular complexity index is 562. The van der Waals surface area contributed by atoms with Gasteiger partial charge in [0.25, 0.3) is 0 Å². The first-order valence-electron chi connectivity index (χ1n) is 7.06. The second-order valence-electron chi connectivity index (χ2n) is 5.04. The number of para-hydroxylation sites is 1. The molecular formula is C15H19N3O2. The van der Waals surface area contributed by atoms with Crippen molar-refractivity contribution in [2.45, 2.75) is 31.7 Å². The van der Waals surface area contributed by atoms with Gasteiger partial charge in [0.1, 0.15) is 5.75 Å². The highest BCUT2D eigenvalue weighted by atomic mass is 16.5. The molecule has 0 radical (unpaired) electrons. The summed E-state index contributed by atoms with van der Waals surface area (Å²) in [4.78, 5) is 4.46. The van der Waals surface area contributed by atoms with Crippen molar-refractivity contribution in [3.63, 3.8) is 0 Å². The monoisotopic (exact) mass is 273 g/mol. The molecule has 1 N–H and O–H groups in total. The van der Waals surface area contributed by atoms with Crippen molar-refractivity contribution in [1.82, 2.24) is 15.5 Å². The molecule has 1 aliphatic heterocycles. The van der Waals surface area contributed by atoms with Gasteiger partial charge in [-0.15, -0.1) is 0 Å². The van der Waals surface area contributed by atoms with Crippen molar-refractivity contribution in [3.05, 3.63) is 30.2 Å². The van der Waals surface area contributed by atoms with Crippen LogP contribution in [-0.2, 0) is 6.42 Å². The Morgan fingerprint density at radius 1 is 1.40 bits per heavy atom. The van der Waals surface area contributed by atoms with Crippen LogP contribution in [0.4, 0.5) is 0 Å². The molecule has 106 valence electrons. The van der Waals surface area contributed by atoms with Crippen molar-refractivity contribution in [3.8, 4) is 17.1 Å². The van der Waals surface area contributed by atoms with E-state index >= 15 is 0 Å². The van der Waals surface area contributed by atoms with Crippen molar-refractivity contribution >= 4 is 0 Å². The Morgan fingerprint density at radius 2 is 2.30 bits per heavy atom. The summed E-state index contributed by atoms with van der Waals surface area (Å²) in [7, 11) is 1.64. The van der Waals surface area contributed by atoms with Gasteiger partial charge in [0.15, 0.2) is 0 Å². The van der Waals surface area contributed by atoms with Crippen LogP contribution in [0, 0.1) is 0 Å². The summed E-state index contributed by atoms with van der Waals surface area (Å²) < 4.78 is 10.7. The van der Waals surface area contributed by atoms with E-state index in [1.165, 1.54) is 12.8 Å². The molecule has 0 spiro atoms. The summed E-state index contributed by atoms with van der Waals surface area (Å²) in [6.07, 6.45) is 4.38. The van der Waals surface area contributed by atoms with Crippen LogP contribution in [0.1, 0.15) is 25.2 Å². The molecule has 3 rings (SSSR count). The molecule has 0 saturated carbocycles. The molecule has 1 aromatic carbocycles. The molecule has 1 fully saturated rings. The van der Waals surface area contributed by atoms with Gasteiger partial charge in [-0.1, -0.05) is 17.3 Å². The van der Waals surface area contributed by atoms with Gasteiger partial charge >= 0.3 is 0 Å². The van der Waals surface area contributed by atoms with Crippen molar-refractivity contribution in [2.24, 2.45) is 0 Å². The molecule has 1 aromatic heterocycles. The highest BCUT2D eigenvalue weighted by Crippen LogP contribution is 2.27. The highest BCUT2D eigenvalue weighted by molar-refractivity contribution is 5.63. The lowest BCUT2D eigenvalue weighted by atomic mass is 10.1. The van der Waals surface area contributed by atoms with E-state index < -0.39 is 0 Å². The van der Waals surface area contributed by atoms with Gasteiger partial charge in [-0.05, 0) is 37.9 Å². The largest absolute Gasteiger partial charge is 0.496 e. The summed E-state index contributed by atoms with van der Waals surface area (Å²) in [5, 5.41) is 7.53. The van der Waals surface area contributed by atoms with Gasteiger partial charge in [0, 0.05) is 12.5 Å². The van der Waals surface area contributed by atoms with E-state index in [1.54, 1.807) is 7.11 Å². The number of hydrogen-bond acceptors (Lipinski definition) is 5. The summed E-state index contributed by atoms with van der Waals surface area (Å²) in [5.41, 5.74) is 0.865. The van der Waals surface area contributed by atoms with Crippen LogP contribution < -0.4 is 10.1 Å². The van der Waals surface area contributed by atoms with Gasteiger partial charge < -0.3 is 14.6 Å². The maximum atomic E-state index is 5.33. The molecule has 5 nitrogen and oxygen atoms in total. The zero-order valence-electron chi connectivity index (χ0n) is 11.6. The Hall–Kier alpha value is -1.88. The summed E-state index contributed by atoms with van der Waals surface area (Å²) in [6, 6.07) is 8.29. The second-order valence-corrected chi connectivity index (χ2v) is 5.04.